The fourth-order valence-electron chi connectivity index (χ4n) is 7.39. The first-order chi connectivity index (χ1) is 21.1. The molecule has 0 fully saturated rings. The van der Waals surface area contributed by atoms with Gasteiger partial charge in [-0.15, -0.1) is 0 Å². The van der Waals surface area contributed by atoms with Gasteiger partial charge in [0.1, 0.15) is 0 Å². The van der Waals surface area contributed by atoms with E-state index in [-0.39, 0.29) is 5.41 Å². The van der Waals surface area contributed by atoms with Crippen molar-refractivity contribution in [2.45, 2.75) is 19.3 Å². The lowest BCUT2D eigenvalue weighted by Gasteiger charge is -2.27. The van der Waals surface area contributed by atoms with Crippen LogP contribution in [0.5, 0.6) is 0 Å². The number of fused-ring (bicyclic) bond motifs is 10. The van der Waals surface area contributed by atoms with Crippen molar-refractivity contribution in [3.8, 4) is 33.6 Å². The van der Waals surface area contributed by atoms with Crippen LogP contribution in [0.3, 0.4) is 0 Å². The van der Waals surface area contributed by atoms with Gasteiger partial charge >= 0.3 is 0 Å². The predicted octanol–water partition coefficient (Wildman–Crippen LogP) is 10.1. The summed E-state index contributed by atoms with van der Waals surface area (Å²) in [4.78, 5) is 4.96. The molecular formula is C40H29N3. The number of hydrogen-bond donors (Lipinski definition) is 0. The Morgan fingerprint density at radius 1 is 0.581 bits per heavy atom. The first-order valence-electron chi connectivity index (χ1n) is 14.9. The van der Waals surface area contributed by atoms with Crippen molar-refractivity contribution in [2.75, 3.05) is 0 Å². The molecule has 1 aliphatic carbocycles. The maximum absolute atomic E-state index is 4.96. The van der Waals surface area contributed by atoms with Crippen LogP contribution in [-0.4, -0.2) is 14.1 Å². The molecule has 9 rings (SSSR count). The molecule has 0 unspecified atom stereocenters. The van der Waals surface area contributed by atoms with E-state index in [0.717, 1.165) is 17.1 Å². The summed E-state index contributed by atoms with van der Waals surface area (Å²) in [6.45, 7) is 4.63. The van der Waals surface area contributed by atoms with Gasteiger partial charge in [0, 0.05) is 56.5 Å². The second kappa shape index (κ2) is 8.80. The second-order valence-corrected chi connectivity index (χ2v) is 12.1. The molecule has 1 aliphatic rings. The summed E-state index contributed by atoms with van der Waals surface area (Å²) in [6.07, 6.45) is 4.16. The smallest absolute Gasteiger partial charge is 0.0610 e. The normalized spacial score (nSPS) is 13.5. The highest BCUT2D eigenvalue weighted by Gasteiger charge is 2.35. The van der Waals surface area contributed by atoms with Crippen LogP contribution in [0.2, 0.25) is 0 Å². The van der Waals surface area contributed by atoms with Crippen molar-refractivity contribution < 1.29 is 0 Å². The summed E-state index contributed by atoms with van der Waals surface area (Å²) in [5.41, 5.74) is 13.1. The summed E-state index contributed by atoms with van der Waals surface area (Å²) in [7, 11) is 0. The van der Waals surface area contributed by atoms with E-state index in [9.17, 15) is 0 Å². The minimum atomic E-state index is -0.280. The van der Waals surface area contributed by atoms with E-state index >= 15 is 0 Å². The van der Waals surface area contributed by atoms with Gasteiger partial charge < -0.3 is 9.13 Å². The highest BCUT2D eigenvalue weighted by Crippen LogP contribution is 2.50. The highest BCUT2D eigenvalue weighted by atomic mass is 15.0. The molecule has 0 atom stereocenters. The third-order valence-corrected chi connectivity index (χ3v) is 9.36. The molecule has 43 heavy (non-hydrogen) atoms. The van der Waals surface area contributed by atoms with Gasteiger partial charge in [-0.25, -0.2) is 0 Å². The first-order valence-corrected chi connectivity index (χ1v) is 14.9. The Bertz CT molecular complexity index is 2370. The molecule has 204 valence electrons. The van der Waals surface area contributed by atoms with E-state index in [1.165, 1.54) is 60.5 Å². The van der Waals surface area contributed by atoms with Gasteiger partial charge in [-0.2, -0.15) is 0 Å². The van der Waals surface area contributed by atoms with Crippen molar-refractivity contribution in [2.24, 2.45) is 0 Å². The van der Waals surface area contributed by atoms with Crippen LogP contribution in [0.15, 0.2) is 140 Å². The maximum Gasteiger partial charge on any atom is 0.0610 e. The monoisotopic (exact) mass is 551 g/mol. The number of hydrogen-bond acceptors (Lipinski definition) is 1. The lowest BCUT2D eigenvalue weighted by atomic mass is 9.78. The number of benzene rings is 5. The zero-order valence-electron chi connectivity index (χ0n) is 24.1. The average molecular weight is 552 g/mol. The Hall–Kier alpha value is -5.41. The van der Waals surface area contributed by atoms with E-state index in [0.29, 0.717) is 0 Å². The molecule has 0 bridgehead atoms. The number of nitrogens with zero attached hydrogens (tertiary/aromatic N) is 3. The summed E-state index contributed by atoms with van der Waals surface area (Å²) in [5, 5.41) is 3.75. The zero-order valence-corrected chi connectivity index (χ0v) is 24.1. The summed E-state index contributed by atoms with van der Waals surface area (Å²) in [5.74, 6) is 0. The fourth-order valence-corrected chi connectivity index (χ4v) is 7.39. The first kappa shape index (κ1) is 24.2. The standard InChI is InChI=1S/C40H29N3/c1-40(2)34-21-18-26-22-24-42(38(26)37(34)32-15-7-6-13-29(32)33-16-10-23-41-39(33)40)28-19-20-31-30-14-8-9-17-35(30)43(36(31)25-28)27-11-4-3-5-12-27/h3-25H,1-2H3. The largest absolute Gasteiger partial charge is 0.316 e. The molecule has 3 aromatic heterocycles. The van der Waals surface area contributed by atoms with Crippen LogP contribution in [0, 0.1) is 0 Å². The molecule has 0 N–H and O–H groups in total. The Balaban J connectivity index is 1.37. The molecule has 0 aliphatic heterocycles. The van der Waals surface area contributed by atoms with Crippen molar-refractivity contribution in [1.82, 2.24) is 14.1 Å². The molecule has 5 aromatic carbocycles. The Labute approximate surface area is 250 Å². The number of pyridine rings is 1. The van der Waals surface area contributed by atoms with Gasteiger partial charge in [0.05, 0.1) is 22.2 Å². The molecule has 0 amide bonds. The maximum atomic E-state index is 4.96. The van der Waals surface area contributed by atoms with Crippen molar-refractivity contribution in [1.29, 1.82) is 0 Å². The minimum Gasteiger partial charge on any atom is -0.316 e. The van der Waals surface area contributed by atoms with E-state index in [1.54, 1.807) is 0 Å². The third kappa shape index (κ3) is 3.33. The van der Waals surface area contributed by atoms with E-state index in [4.69, 9.17) is 4.98 Å². The van der Waals surface area contributed by atoms with Gasteiger partial charge in [-0.1, -0.05) is 98.8 Å². The van der Waals surface area contributed by atoms with Crippen LogP contribution in [0.25, 0.3) is 66.3 Å². The van der Waals surface area contributed by atoms with Crippen LogP contribution in [0.4, 0.5) is 0 Å². The number of rotatable bonds is 2. The topological polar surface area (TPSA) is 22.8 Å². The minimum absolute atomic E-state index is 0.280. The summed E-state index contributed by atoms with van der Waals surface area (Å²) in [6, 6.07) is 46.3. The third-order valence-electron chi connectivity index (χ3n) is 9.36. The van der Waals surface area contributed by atoms with E-state index in [2.05, 4.69) is 157 Å². The molecule has 0 spiro atoms. The molecule has 3 heteroatoms. The van der Waals surface area contributed by atoms with Gasteiger partial charge in [0.15, 0.2) is 0 Å². The van der Waals surface area contributed by atoms with Crippen molar-refractivity contribution in [3.63, 3.8) is 0 Å². The fraction of sp³-hybridized carbons (Fsp3) is 0.0750. The SMILES string of the molecule is CC1(C)c2ccc3ccn(-c4ccc5c6ccccc6n(-c6ccccc6)c5c4)c3c2-c2ccccc2-c2cccnc21. The van der Waals surface area contributed by atoms with Crippen LogP contribution < -0.4 is 0 Å². The molecule has 0 saturated carbocycles. The Morgan fingerprint density at radius 3 is 2.21 bits per heavy atom. The zero-order chi connectivity index (χ0) is 28.7. The molecular weight excluding hydrogens is 522 g/mol. The lowest BCUT2D eigenvalue weighted by molar-refractivity contribution is 0.623. The quantitative estimate of drug-likeness (QED) is 0.210. The van der Waals surface area contributed by atoms with Crippen LogP contribution in [-0.2, 0) is 5.41 Å². The molecule has 3 heterocycles. The molecule has 3 nitrogen and oxygen atoms in total. The van der Waals surface area contributed by atoms with Crippen molar-refractivity contribution >= 4 is 32.7 Å². The van der Waals surface area contributed by atoms with E-state index in [1.807, 2.05) is 6.20 Å². The summed E-state index contributed by atoms with van der Waals surface area (Å²) < 4.78 is 4.78. The van der Waals surface area contributed by atoms with Crippen LogP contribution in [0.1, 0.15) is 25.1 Å². The highest BCUT2D eigenvalue weighted by molar-refractivity contribution is 6.10. The number of aromatic nitrogens is 3. The van der Waals surface area contributed by atoms with Gasteiger partial charge in [-0.3, -0.25) is 4.98 Å². The summed E-state index contributed by atoms with van der Waals surface area (Å²) >= 11 is 0. The van der Waals surface area contributed by atoms with Gasteiger partial charge in [0.25, 0.3) is 0 Å². The van der Waals surface area contributed by atoms with Crippen molar-refractivity contribution in [3.05, 3.63) is 151 Å². The van der Waals surface area contributed by atoms with Crippen LogP contribution >= 0.6 is 0 Å². The number of para-hydroxylation sites is 2. The molecule has 0 radical (unpaired) electrons. The Morgan fingerprint density at radius 2 is 1.33 bits per heavy atom. The average Bonchev–Trinajstić information content (AvgIpc) is 3.62. The Kier molecular flexibility index (Phi) is 4.95. The van der Waals surface area contributed by atoms with Gasteiger partial charge in [0.2, 0.25) is 0 Å². The predicted molar refractivity (Wildman–Crippen MR) is 178 cm³/mol. The molecule has 8 aromatic rings. The lowest BCUT2D eigenvalue weighted by Crippen LogP contribution is -2.21. The van der Waals surface area contributed by atoms with Gasteiger partial charge in [-0.05, 0) is 59.2 Å². The molecule has 0 saturated heterocycles. The van der Waals surface area contributed by atoms with E-state index < -0.39 is 0 Å². The second-order valence-electron chi connectivity index (χ2n) is 12.1.